The molecule has 1 aromatic carbocycles. The van der Waals surface area contributed by atoms with Gasteiger partial charge < -0.3 is 33.9 Å². The van der Waals surface area contributed by atoms with E-state index in [1.165, 1.54) is 0 Å². The van der Waals surface area contributed by atoms with E-state index in [1.807, 2.05) is 12.1 Å². The van der Waals surface area contributed by atoms with Gasteiger partial charge in [0.15, 0.2) is 5.96 Å². The Morgan fingerprint density at radius 3 is 2.39 bits per heavy atom. The number of hydrogen-bond acceptors (Lipinski definition) is 6. The minimum Gasteiger partial charge on any atom is -0.496 e. The van der Waals surface area contributed by atoms with Crippen LogP contribution in [0.5, 0.6) is 17.2 Å². The number of methoxy groups -OCH3 is 4. The zero-order valence-electron chi connectivity index (χ0n) is 17.6. The topological polar surface area (TPSA) is 73.8 Å². The lowest BCUT2D eigenvalue weighted by Gasteiger charge is -2.23. The van der Waals surface area contributed by atoms with Crippen LogP contribution in [0, 0.1) is 5.92 Å². The smallest absolute Gasteiger partial charge is 0.193 e. The Morgan fingerprint density at radius 2 is 1.82 bits per heavy atom. The van der Waals surface area contributed by atoms with Crippen molar-refractivity contribution in [2.45, 2.75) is 13.0 Å². The Balaban J connectivity index is 1.96. The Labute approximate surface area is 167 Å². The van der Waals surface area contributed by atoms with Crippen LogP contribution in [-0.4, -0.2) is 79.3 Å². The number of ether oxygens (including phenoxy) is 5. The minimum absolute atomic E-state index is 0.500. The summed E-state index contributed by atoms with van der Waals surface area (Å²) in [5.74, 6) is 3.48. The fourth-order valence-electron chi connectivity index (χ4n) is 3.31. The Hall–Kier alpha value is -2.19. The van der Waals surface area contributed by atoms with Crippen molar-refractivity contribution in [3.63, 3.8) is 0 Å². The second-order valence-corrected chi connectivity index (χ2v) is 6.58. The van der Waals surface area contributed by atoms with Gasteiger partial charge in [-0.3, -0.25) is 4.99 Å². The molecule has 8 heteroatoms. The summed E-state index contributed by atoms with van der Waals surface area (Å²) in [5.41, 5.74) is 0.922. The zero-order chi connectivity index (χ0) is 20.4. The molecule has 0 saturated carbocycles. The third-order valence-corrected chi connectivity index (χ3v) is 4.82. The summed E-state index contributed by atoms with van der Waals surface area (Å²) >= 11 is 0. The number of nitrogens with zero attached hydrogens (tertiary/aromatic N) is 2. The number of hydrogen-bond donors (Lipinski definition) is 1. The molecule has 0 radical (unpaired) electrons. The summed E-state index contributed by atoms with van der Waals surface area (Å²) in [6.45, 7) is 4.42. The highest BCUT2D eigenvalue weighted by Gasteiger charge is 2.25. The van der Waals surface area contributed by atoms with Crippen LogP contribution >= 0.6 is 0 Å². The Kier molecular flexibility index (Phi) is 9.16. The SMILES string of the molecule is CN=C(NCc1c(OC)cc(OC)cc1OC)N1CCC(COCCOC)C1. The van der Waals surface area contributed by atoms with E-state index in [0.717, 1.165) is 37.6 Å². The average molecular weight is 396 g/mol. The van der Waals surface area contributed by atoms with Gasteiger partial charge >= 0.3 is 0 Å². The quantitative estimate of drug-likeness (QED) is 0.368. The van der Waals surface area contributed by atoms with Crippen LogP contribution in [-0.2, 0) is 16.0 Å². The Morgan fingerprint density at radius 1 is 1.11 bits per heavy atom. The third kappa shape index (κ3) is 5.90. The fraction of sp³-hybridized carbons (Fsp3) is 0.650. The molecular formula is C20H33N3O5. The highest BCUT2D eigenvalue weighted by molar-refractivity contribution is 5.80. The molecule has 1 heterocycles. The van der Waals surface area contributed by atoms with Gasteiger partial charge in [-0.25, -0.2) is 0 Å². The fourth-order valence-corrected chi connectivity index (χ4v) is 3.31. The van der Waals surface area contributed by atoms with Gasteiger partial charge in [0.2, 0.25) is 0 Å². The van der Waals surface area contributed by atoms with Gasteiger partial charge in [-0.15, -0.1) is 0 Å². The van der Waals surface area contributed by atoms with Gasteiger partial charge in [0.05, 0.1) is 53.3 Å². The van der Waals surface area contributed by atoms with E-state index >= 15 is 0 Å². The number of rotatable bonds is 10. The average Bonchev–Trinajstić information content (AvgIpc) is 3.20. The van der Waals surface area contributed by atoms with Crippen LogP contribution in [0.3, 0.4) is 0 Å². The van der Waals surface area contributed by atoms with Crippen LogP contribution < -0.4 is 19.5 Å². The molecule has 1 fully saturated rings. The molecule has 158 valence electrons. The first-order chi connectivity index (χ1) is 13.7. The van der Waals surface area contributed by atoms with Crippen molar-refractivity contribution in [2.24, 2.45) is 10.9 Å². The number of benzene rings is 1. The number of guanidine groups is 1. The second-order valence-electron chi connectivity index (χ2n) is 6.58. The van der Waals surface area contributed by atoms with Crippen molar-refractivity contribution in [1.82, 2.24) is 10.2 Å². The molecule has 0 bridgehead atoms. The molecule has 8 nitrogen and oxygen atoms in total. The maximum absolute atomic E-state index is 5.67. The molecule has 1 aliphatic rings. The molecule has 28 heavy (non-hydrogen) atoms. The lowest BCUT2D eigenvalue weighted by atomic mass is 10.1. The summed E-state index contributed by atoms with van der Waals surface area (Å²) in [6.07, 6.45) is 1.09. The van der Waals surface area contributed by atoms with E-state index in [9.17, 15) is 0 Å². The van der Waals surface area contributed by atoms with E-state index in [2.05, 4.69) is 15.2 Å². The maximum Gasteiger partial charge on any atom is 0.193 e. The monoisotopic (exact) mass is 395 g/mol. The van der Waals surface area contributed by atoms with Crippen LogP contribution in [0.4, 0.5) is 0 Å². The molecule has 0 aliphatic carbocycles. The molecule has 1 aromatic rings. The lowest BCUT2D eigenvalue weighted by Crippen LogP contribution is -2.40. The van der Waals surface area contributed by atoms with Crippen molar-refractivity contribution in [2.75, 3.05) is 68.4 Å². The first-order valence-corrected chi connectivity index (χ1v) is 9.47. The van der Waals surface area contributed by atoms with E-state index in [-0.39, 0.29) is 0 Å². The molecule has 1 aliphatic heterocycles. The molecule has 2 rings (SSSR count). The molecule has 1 saturated heterocycles. The molecule has 1 N–H and O–H groups in total. The summed E-state index contributed by atoms with van der Waals surface area (Å²) in [6, 6.07) is 3.71. The van der Waals surface area contributed by atoms with Gasteiger partial charge in [0, 0.05) is 45.3 Å². The van der Waals surface area contributed by atoms with Gasteiger partial charge in [-0.2, -0.15) is 0 Å². The van der Waals surface area contributed by atoms with Crippen molar-refractivity contribution in [1.29, 1.82) is 0 Å². The van der Waals surface area contributed by atoms with Crippen molar-refractivity contribution < 1.29 is 23.7 Å². The van der Waals surface area contributed by atoms with Crippen LogP contribution in [0.15, 0.2) is 17.1 Å². The van der Waals surface area contributed by atoms with E-state index < -0.39 is 0 Å². The number of nitrogens with one attached hydrogen (secondary N) is 1. The van der Waals surface area contributed by atoms with Gasteiger partial charge in [0.1, 0.15) is 17.2 Å². The number of aliphatic imine (C=N–C) groups is 1. The van der Waals surface area contributed by atoms with Gasteiger partial charge in [-0.05, 0) is 6.42 Å². The van der Waals surface area contributed by atoms with Gasteiger partial charge in [0.25, 0.3) is 0 Å². The minimum atomic E-state index is 0.500. The first kappa shape index (κ1) is 22.1. The zero-order valence-corrected chi connectivity index (χ0v) is 17.6. The molecule has 0 amide bonds. The molecule has 1 atom stereocenters. The van der Waals surface area contributed by atoms with Gasteiger partial charge in [-0.1, -0.05) is 0 Å². The van der Waals surface area contributed by atoms with E-state index in [0.29, 0.717) is 42.9 Å². The number of likely N-dealkylation sites (tertiary alicyclic amines) is 1. The summed E-state index contributed by atoms with van der Waals surface area (Å²) < 4.78 is 27.0. The van der Waals surface area contributed by atoms with Crippen molar-refractivity contribution >= 4 is 5.96 Å². The standard InChI is InChI=1S/C20H33N3O5/c1-21-20(23-7-6-15(13-23)14-28-9-8-24-2)22-12-17-18(26-4)10-16(25-3)11-19(17)27-5/h10-11,15H,6-9,12-14H2,1-5H3,(H,21,22). The second kappa shape index (κ2) is 11.6. The largest absolute Gasteiger partial charge is 0.496 e. The highest BCUT2D eigenvalue weighted by atomic mass is 16.5. The summed E-state index contributed by atoms with van der Waals surface area (Å²) in [4.78, 5) is 6.70. The van der Waals surface area contributed by atoms with Crippen LogP contribution in [0.25, 0.3) is 0 Å². The highest BCUT2D eigenvalue weighted by Crippen LogP contribution is 2.34. The molecule has 1 unspecified atom stereocenters. The predicted octanol–water partition coefficient (Wildman–Crippen LogP) is 1.77. The van der Waals surface area contributed by atoms with Crippen LogP contribution in [0.1, 0.15) is 12.0 Å². The molecule has 0 spiro atoms. The summed E-state index contributed by atoms with van der Waals surface area (Å²) in [5, 5.41) is 3.43. The molecule has 0 aromatic heterocycles. The normalized spacial score (nSPS) is 17.0. The van der Waals surface area contributed by atoms with Crippen LogP contribution in [0.2, 0.25) is 0 Å². The first-order valence-electron chi connectivity index (χ1n) is 9.47. The third-order valence-electron chi connectivity index (χ3n) is 4.82. The van der Waals surface area contributed by atoms with E-state index in [4.69, 9.17) is 23.7 Å². The lowest BCUT2D eigenvalue weighted by molar-refractivity contribution is 0.0536. The van der Waals surface area contributed by atoms with Crippen molar-refractivity contribution in [3.05, 3.63) is 17.7 Å². The molecular weight excluding hydrogens is 362 g/mol. The van der Waals surface area contributed by atoms with E-state index in [1.54, 1.807) is 35.5 Å². The Bertz CT molecular complexity index is 613. The predicted molar refractivity (Wildman–Crippen MR) is 109 cm³/mol. The maximum atomic E-state index is 5.67. The van der Waals surface area contributed by atoms with Crippen molar-refractivity contribution in [3.8, 4) is 17.2 Å². The summed E-state index contributed by atoms with van der Waals surface area (Å²) in [7, 11) is 8.38.